The molecule has 0 bridgehead atoms. The highest BCUT2D eigenvalue weighted by Gasteiger charge is 2.23. The van der Waals surface area contributed by atoms with Gasteiger partial charge in [0.25, 0.3) is 5.56 Å². The Kier molecular flexibility index (Phi) is 8.05. The van der Waals surface area contributed by atoms with Crippen molar-refractivity contribution in [3.63, 3.8) is 0 Å². The second-order valence-corrected chi connectivity index (χ2v) is 11.7. The smallest absolute Gasteiger partial charge is 0.303 e. The van der Waals surface area contributed by atoms with Gasteiger partial charge in [-0.25, -0.2) is 4.98 Å². The normalized spacial score (nSPS) is 15.1. The molecule has 11 heteroatoms. The fourth-order valence-corrected chi connectivity index (χ4v) is 5.99. The molecule has 2 aromatic carbocycles. The number of benzene rings is 2. The maximum atomic E-state index is 13.1. The van der Waals surface area contributed by atoms with Crippen LogP contribution in [-0.2, 0) is 9.53 Å². The number of aromatic amines is 2. The van der Waals surface area contributed by atoms with Crippen molar-refractivity contribution >= 4 is 33.5 Å². The summed E-state index contributed by atoms with van der Waals surface area (Å²) in [5.41, 5.74) is 4.04. The summed E-state index contributed by atoms with van der Waals surface area (Å²) < 4.78 is 13.5. The fourth-order valence-electron chi connectivity index (χ4n) is 5.99. The Morgan fingerprint density at radius 2 is 1.98 bits per heavy atom. The lowest BCUT2D eigenvalue weighted by Crippen LogP contribution is -2.32. The molecule has 0 spiro atoms. The molecule has 0 aliphatic carbocycles. The van der Waals surface area contributed by atoms with Crippen molar-refractivity contribution in [1.82, 2.24) is 24.4 Å². The average molecular weight is 599 g/mol. The molecule has 5 aromatic rings. The van der Waals surface area contributed by atoms with E-state index < -0.39 is 12.1 Å². The number of carbonyl (C=O) groups is 1. The largest absolute Gasteiger partial charge is 0.494 e. The number of fused-ring (bicyclic) bond motifs is 2. The number of anilines is 1. The first-order chi connectivity index (χ1) is 21.2. The van der Waals surface area contributed by atoms with E-state index in [1.165, 1.54) is 6.92 Å². The third-order valence-corrected chi connectivity index (χ3v) is 8.30. The van der Waals surface area contributed by atoms with Gasteiger partial charge in [-0.05, 0) is 76.7 Å². The summed E-state index contributed by atoms with van der Waals surface area (Å²) in [5.74, 6) is 0.910. The summed E-state index contributed by atoms with van der Waals surface area (Å²) in [5, 5.41) is 16.0. The van der Waals surface area contributed by atoms with Crippen LogP contribution >= 0.6 is 0 Å². The Bertz CT molecular complexity index is 1880. The Labute approximate surface area is 254 Å². The topological polar surface area (TPSA) is 138 Å². The molecule has 1 saturated heterocycles. The van der Waals surface area contributed by atoms with Crippen LogP contribution in [0, 0.1) is 13.8 Å². The summed E-state index contributed by atoms with van der Waals surface area (Å²) in [7, 11) is 2.12. The van der Waals surface area contributed by atoms with Crippen molar-refractivity contribution < 1.29 is 19.4 Å². The number of carbonyl (C=O) groups excluding carboxylic acids is 1. The Morgan fingerprint density at radius 3 is 2.73 bits per heavy atom. The number of imidazole rings is 1. The molecule has 6 rings (SSSR count). The first-order valence-corrected chi connectivity index (χ1v) is 14.9. The molecule has 0 saturated carbocycles. The molecule has 44 heavy (non-hydrogen) atoms. The third-order valence-electron chi connectivity index (χ3n) is 8.30. The van der Waals surface area contributed by atoms with Crippen molar-refractivity contribution in [2.75, 3.05) is 38.6 Å². The number of pyridine rings is 1. The third kappa shape index (κ3) is 6.00. The Hall–Kier alpha value is -4.77. The van der Waals surface area contributed by atoms with E-state index in [0.717, 1.165) is 53.3 Å². The van der Waals surface area contributed by atoms with Gasteiger partial charge < -0.3 is 39.3 Å². The number of esters is 1. The van der Waals surface area contributed by atoms with Crippen molar-refractivity contribution in [2.45, 2.75) is 45.8 Å². The van der Waals surface area contributed by atoms with Crippen molar-refractivity contribution in [3.05, 3.63) is 70.3 Å². The molecule has 1 atom stereocenters. The van der Waals surface area contributed by atoms with Crippen molar-refractivity contribution in [2.24, 2.45) is 0 Å². The number of nitrogens with zero attached hydrogens (tertiary/aromatic N) is 3. The van der Waals surface area contributed by atoms with Gasteiger partial charge in [0, 0.05) is 36.1 Å². The second-order valence-electron chi connectivity index (χ2n) is 11.7. The number of aromatic hydroxyl groups is 1. The van der Waals surface area contributed by atoms with Gasteiger partial charge in [-0.1, -0.05) is 17.7 Å². The molecule has 0 amide bonds. The summed E-state index contributed by atoms with van der Waals surface area (Å²) in [4.78, 5) is 38.0. The van der Waals surface area contributed by atoms with Crippen molar-refractivity contribution in [3.8, 4) is 23.0 Å². The number of hydrogen-bond donors (Lipinski definition) is 4. The number of hydrogen-bond acceptors (Lipinski definition) is 8. The highest BCUT2D eigenvalue weighted by Crippen LogP contribution is 2.36. The van der Waals surface area contributed by atoms with E-state index in [2.05, 4.69) is 27.2 Å². The van der Waals surface area contributed by atoms with E-state index in [-0.39, 0.29) is 30.6 Å². The highest BCUT2D eigenvalue weighted by atomic mass is 16.6. The van der Waals surface area contributed by atoms with Crippen LogP contribution in [0.3, 0.4) is 0 Å². The SMILES string of the molecule is CC(=O)OC(CNc1cc[nH]c(=O)c1-c1nc2cc3c(O)n(C4CCN(C)CC4)cc3cc2[nH]1)COc1ccc(C)cc1C. The van der Waals surface area contributed by atoms with Gasteiger partial charge >= 0.3 is 5.97 Å². The van der Waals surface area contributed by atoms with Gasteiger partial charge in [0.05, 0.1) is 23.3 Å². The standard InChI is InChI=1S/C33H38N6O5/c1-19-5-6-29(20(2)13-19)43-18-24(44-21(3)40)16-35-26-7-10-34-32(41)30(26)31-36-27-14-22-17-39(23-8-11-38(4)12-9-23)33(42)25(22)15-28(27)37-31/h5-7,10,13-15,17,23-24,42H,8-9,11-12,16,18H2,1-4H3,(H,36,37)(H2,34,35,41). The lowest BCUT2D eigenvalue weighted by Gasteiger charge is -2.30. The highest BCUT2D eigenvalue weighted by molar-refractivity contribution is 5.99. The number of H-pyrrole nitrogens is 2. The van der Waals surface area contributed by atoms with E-state index >= 15 is 0 Å². The lowest BCUT2D eigenvalue weighted by atomic mass is 10.1. The van der Waals surface area contributed by atoms with Crippen LogP contribution in [0.4, 0.5) is 5.69 Å². The van der Waals surface area contributed by atoms with E-state index in [0.29, 0.717) is 28.3 Å². The molecule has 230 valence electrons. The minimum atomic E-state index is -0.611. The number of aryl methyl sites for hydroxylation is 2. The van der Waals surface area contributed by atoms with E-state index in [1.807, 2.05) is 54.9 Å². The molecular formula is C33H38N6O5. The van der Waals surface area contributed by atoms with Crippen LogP contribution < -0.4 is 15.6 Å². The molecule has 1 aliphatic heterocycles. The monoisotopic (exact) mass is 598 g/mol. The Balaban J connectivity index is 1.24. The summed E-state index contributed by atoms with van der Waals surface area (Å²) in [6, 6.07) is 11.7. The Morgan fingerprint density at radius 1 is 1.18 bits per heavy atom. The molecule has 3 aromatic heterocycles. The number of rotatable bonds is 9. The molecular weight excluding hydrogens is 560 g/mol. The minimum Gasteiger partial charge on any atom is -0.494 e. The molecule has 11 nitrogen and oxygen atoms in total. The zero-order chi connectivity index (χ0) is 31.0. The molecule has 1 fully saturated rings. The van der Waals surface area contributed by atoms with Gasteiger partial charge in [0.15, 0.2) is 12.0 Å². The number of ether oxygens (including phenoxy) is 2. The van der Waals surface area contributed by atoms with Crippen LogP contribution in [0.1, 0.15) is 36.9 Å². The number of nitrogens with one attached hydrogen (secondary N) is 3. The van der Waals surface area contributed by atoms with Gasteiger partial charge in [0.1, 0.15) is 23.7 Å². The molecule has 4 N–H and O–H groups in total. The maximum absolute atomic E-state index is 13.1. The number of piperidine rings is 1. The van der Waals surface area contributed by atoms with E-state index in [9.17, 15) is 14.7 Å². The van der Waals surface area contributed by atoms with Gasteiger partial charge in [-0.2, -0.15) is 0 Å². The first-order valence-electron chi connectivity index (χ1n) is 14.9. The average Bonchev–Trinajstić information content (AvgIpc) is 3.54. The maximum Gasteiger partial charge on any atom is 0.303 e. The minimum absolute atomic E-state index is 0.135. The predicted molar refractivity (Wildman–Crippen MR) is 171 cm³/mol. The van der Waals surface area contributed by atoms with Crippen LogP contribution in [0.25, 0.3) is 33.2 Å². The summed E-state index contributed by atoms with van der Waals surface area (Å²) in [6.07, 6.45) is 4.90. The number of aromatic nitrogens is 4. The number of likely N-dealkylation sites (tertiary alicyclic amines) is 1. The molecule has 1 aliphatic rings. The van der Waals surface area contributed by atoms with Gasteiger partial charge in [0.2, 0.25) is 0 Å². The zero-order valence-electron chi connectivity index (χ0n) is 25.4. The predicted octanol–water partition coefficient (Wildman–Crippen LogP) is 4.88. The van der Waals surface area contributed by atoms with Crippen LogP contribution in [0.15, 0.2) is 53.6 Å². The van der Waals surface area contributed by atoms with Gasteiger partial charge in [-0.3, -0.25) is 9.59 Å². The van der Waals surface area contributed by atoms with E-state index in [4.69, 9.17) is 14.5 Å². The van der Waals surface area contributed by atoms with Crippen molar-refractivity contribution in [1.29, 1.82) is 0 Å². The zero-order valence-corrected chi connectivity index (χ0v) is 25.4. The fraction of sp³-hybridized carbons (Fsp3) is 0.364. The molecule has 4 heterocycles. The molecule has 1 unspecified atom stereocenters. The van der Waals surface area contributed by atoms with Crippen LogP contribution in [0.5, 0.6) is 11.6 Å². The van der Waals surface area contributed by atoms with Crippen LogP contribution in [0.2, 0.25) is 0 Å². The lowest BCUT2D eigenvalue weighted by molar-refractivity contribution is -0.147. The van der Waals surface area contributed by atoms with Crippen LogP contribution in [-0.4, -0.2) is 74.9 Å². The summed E-state index contributed by atoms with van der Waals surface area (Å²) in [6.45, 7) is 7.67. The first kappa shape index (κ1) is 29.3. The quantitative estimate of drug-likeness (QED) is 0.176. The van der Waals surface area contributed by atoms with Gasteiger partial charge in [-0.15, -0.1) is 0 Å². The van der Waals surface area contributed by atoms with E-state index in [1.54, 1.807) is 12.3 Å². The molecule has 0 radical (unpaired) electrons. The second kappa shape index (κ2) is 12.1. The summed E-state index contributed by atoms with van der Waals surface area (Å²) >= 11 is 0.